The number of nitrogens with zero attached hydrogens (tertiary/aromatic N) is 2. The van der Waals surface area contributed by atoms with Gasteiger partial charge in [0.1, 0.15) is 5.15 Å². The molecule has 0 saturated heterocycles. The standard InChI is InChI=1S/C15H12Cl3N3/c1-10(7-11-5-3-2-4-6-11)9-19-21-15-13(17)8-12(16)14(18)20-15/h2-9H,1H3,(H,20,21). The van der Waals surface area contributed by atoms with Gasteiger partial charge in [-0.05, 0) is 24.1 Å². The molecule has 0 aliphatic carbocycles. The van der Waals surface area contributed by atoms with Gasteiger partial charge in [-0.15, -0.1) is 0 Å². The molecule has 0 amide bonds. The maximum Gasteiger partial charge on any atom is 0.166 e. The number of pyridine rings is 1. The zero-order valence-corrected chi connectivity index (χ0v) is 13.4. The number of hydrazone groups is 1. The van der Waals surface area contributed by atoms with Crippen molar-refractivity contribution >= 4 is 52.9 Å². The summed E-state index contributed by atoms with van der Waals surface area (Å²) in [5, 5.41) is 4.91. The fourth-order valence-corrected chi connectivity index (χ4v) is 2.11. The Morgan fingerprint density at radius 1 is 1.14 bits per heavy atom. The van der Waals surface area contributed by atoms with E-state index in [9.17, 15) is 0 Å². The van der Waals surface area contributed by atoms with Crippen LogP contribution in [0.4, 0.5) is 5.82 Å². The first-order valence-electron chi connectivity index (χ1n) is 6.10. The molecule has 2 aromatic rings. The van der Waals surface area contributed by atoms with Crippen LogP contribution in [0, 0.1) is 0 Å². The lowest BCUT2D eigenvalue weighted by atomic mass is 10.1. The van der Waals surface area contributed by atoms with Gasteiger partial charge in [0, 0.05) is 0 Å². The molecule has 3 nitrogen and oxygen atoms in total. The number of anilines is 1. The van der Waals surface area contributed by atoms with Crippen molar-refractivity contribution in [2.75, 3.05) is 5.43 Å². The quantitative estimate of drug-likeness (QED) is 0.450. The normalized spacial score (nSPS) is 11.9. The Kier molecular flexibility index (Phi) is 5.62. The lowest BCUT2D eigenvalue weighted by Crippen LogP contribution is -1.95. The lowest BCUT2D eigenvalue weighted by Gasteiger charge is -2.04. The van der Waals surface area contributed by atoms with Gasteiger partial charge in [0.05, 0.1) is 16.3 Å². The van der Waals surface area contributed by atoms with E-state index in [1.54, 1.807) is 6.21 Å². The molecule has 1 aromatic heterocycles. The number of benzene rings is 1. The molecular formula is C15H12Cl3N3. The molecule has 0 radical (unpaired) electrons. The molecule has 1 aromatic carbocycles. The number of allylic oxidation sites excluding steroid dienone is 1. The van der Waals surface area contributed by atoms with E-state index in [-0.39, 0.29) is 5.15 Å². The predicted octanol–water partition coefficient (Wildman–Crippen LogP) is 5.54. The molecule has 0 aliphatic rings. The number of nitrogens with one attached hydrogen (secondary N) is 1. The van der Waals surface area contributed by atoms with Crippen molar-refractivity contribution in [1.29, 1.82) is 0 Å². The summed E-state index contributed by atoms with van der Waals surface area (Å²) in [6, 6.07) is 11.5. The summed E-state index contributed by atoms with van der Waals surface area (Å²) in [7, 11) is 0. The van der Waals surface area contributed by atoms with Crippen LogP contribution in [0.15, 0.2) is 47.1 Å². The van der Waals surface area contributed by atoms with Crippen LogP contribution in [-0.4, -0.2) is 11.2 Å². The zero-order valence-electron chi connectivity index (χ0n) is 11.1. The van der Waals surface area contributed by atoms with Gasteiger partial charge >= 0.3 is 0 Å². The van der Waals surface area contributed by atoms with Gasteiger partial charge in [0.2, 0.25) is 0 Å². The Morgan fingerprint density at radius 3 is 2.57 bits per heavy atom. The van der Waals surface area contributed by atoms with E-state index >= 15 is 0 Å². The van der Waals surface area contributed by atoms with Crippen molar-refractivity contribution in [1.82, 2.24) is 4.98 Å². The highest BCUT2D eigenvalue weighted by atomic mass is 35.5. The molecule has 1 heterocycles. The molecule has 0 saturated carbocycles. The summed E-state index contributed by atoms with van der Waals surface area (Å²) >= 11 is 17.6. The second kappa shape index (κ2) is 7.46. The molecule has 0 aliphatic heterocycles. The number of hydrogen-bond donors (Lipinski definition) is 1. The second-order valence-corrected chi connectivity index (χ2v) is 5.43. The molecule has 1 N–H and O–H groups in total. The van der Waals surface area contributed by atoms with Crippen LogP contribution in [0.2, 0.25) is 15.2 Å². The van der Waals surface area contributed by atoms with Crippen LogP contribution < -0.4 is 5.43 Å². The Balaban J connectivity index is 2.06. The largest absolute Gasteiger partial charge is 0.260 e. The van der Waals surface area contributed by atoms with Gasteiger partial charge in [0.25, 0.3) is 0 Å². The molecule has 0 fully saturated rings. The van der Waals surface area contributed by atoms with Crippen molar-refractivity contribution in [3.63, 3.8) is 0 Å². The molecule has 0 unspecified atom stereocenters. The fraction of sp³-hybridized carbons (Fsp3) is 0.0667. The number of hydrogen-bond acceptors (Lipinski definition) is 3. The van der Waals surface area contributed by atoms with Crippen molar-refractivity contribution in [3.8, 4) is 0 Å². The minimum atomic E-state index is 0.176. The Labute approximate surface area is 138 Å². The van der Waals surface area contributed by atoms with E-state index in [1.165, 1.54) is 6.07 Å². The summed E-state index contributed by atoms with van der Waals surface area (Å²) in [6.45, 7) is 1.95. The molecule has 2 rings (SSSR count). The van der Waals surface area contributed by atoms with Crippen LogP contribution in [0.1, 0.15) is 12.5 Å². The van der Waals surface area contributed by atoms with Crippen molar-refractivity contribution in [2.45, 2.75) is 6.92 Å². The van der Waals surface area contributed by atoms with Crippen LogP contribution in [0.25, 0.3) is 6.08 Å². The highest BCUT2D eigenvalue weighted by Crippen LogP contribution is 2.28. The average molecular weight is 341 g/mol. The van der Waals surface area contributed by atoms with E-state index in [0.29, 0.717) is 15.9 Å². The summed E-state index contributed by atoms with van der Waals surface area (Å²) < 4.78 is 0. The van der Waals surface area contributed by atoms with Crippen LogP contribution in [-0.2, 0) is 0 Å². The predicted molar refractivity (Wildman–Crippen MR) is 91.5 cm³/mol. The van der Waals surface area contributed by atoms with Crippen molar-refractivity contribution < 1.29 is 0 Å². The maximum absolute atomic E-state index is 5.99. The first-order valence-corrected chi connectivity index (χ1v) is 7.23. The first kappa shape index (κ1) is 15.8. The van der Waals surface area contributed by atoms with Crippen LogP contribution in [0.5, 0.6) is 0 Å². The van der Waals surface area contributed by atoms with Gasteiger partial charge < -0.3 is 0 Å². The Morgan fingerprint density at radius 2 is 1.86 bits per heavy atom. The number of rotatable bonds is 4. The Hall–Kier alpha value is -1.55. The topological polar surface area (TPSA) is 37.3 Å². The molecule has 21 heavy (non-hydrogen) atoms. The summed E-state index contributed by atoms with van der Waals surface area (Å²) in [6.07, 6.45) is 3.68. The summed E-state index contributed by atoms with van der Waals surface area (Å²) in [4.78, 5) is 4.01. The third kappa shape index (κ3) is 4.74. The van der Waals surface area contributed by atoms with E-state index in [2.05, 4.69) is 15.5 Å². The highest BCUT2D eigenvalue weighted by molar-refractivity contribution is 6.42. The molecule has 0 bridgehead atoms. The average Bonchev–Trinajstić information content (AvgIpc) is 2.45. The molecule has 0 spiro atoms. The first-order chi connectivity index (χ1) is 10.1. The van der Waals surface area contributed by atoms with Crippen LogP contribution in [0.3, 0.4) is 0 Å². The van der Waals surface area contributed by atoms with Crippen molar-refractivity contribution in [3.05, 3.63) is 62.7 Å². The third-order valence-corrected chi connectivity index (χ3v) is 3.48. The minimum absolute atomic E-state index is 0.176. The Bertz CT molecular complexity index is 682. The minimum Gasteiger partial charge on any atom is -0.260 e. The molecule has 108 valence electrons. The van der Waals surface area contributed by atoms with E-state index in [4.69, 9.17) is 34.8 Å². The van der Waals surface area contributed by atoms with Gasteiger partial charge in [0.15, 0.2) is 5.82 Å². The molecule has 6 heteroatoms. The van der Waals surface area contributed by atoms with Gasteiger partial charge in [-0.25, -0.2) is 4.98 Å². The monoisotopic (exact) mass is 339 g/mol. The van der Waals surface area contributed by atoms with E-state index in [0.717, 1.165) is 11.1 Å². The molecular weight excluding hydrogens is 329 g/mol. The highest BCUT2D eigenvalue weighted by Gasteiger charge is 2.06. The van der Waals surface area contributed by atoms with E-state index in [1.807, 2.05) is 43.3 Å². The van der Waals surface area contributed by atoms with Gasteiger partial charge in [-0.3, -0.25) is 5.43 Å². The number of halogens is 3. The maximum atomic E-state index is 5.99. The van der Waals surface area contributed by atoms with Gasteiger partial charge in [-0.2, -0.15) is 5.10 Å². The smallest absolute Gasteiger partial charge is 0.166 e. The summed E-state index contributed by atoms with van der Waals surface area (Å²) in [5.41, 5.74) is 4.82. The lowest BCUT2D eigenvalue weighted by molar-refractivity contribution is 1.23. The number of aromatic nitrogens is 1. The summed E-state index contributed by atoms with van der Waals surface area (Å²) in [5.74, 6) is 0.356. The van der Waals surface area contributed by atoms with E-state index < -0.39 is 0 Å². The zero-order chi connectivity index (χ0) is 15.2. The SMILES string of the molecule is CC(C=NNc1nc(Cl)c(Cl)cc1Cl)=Cc1ccccc1. The van der Waals surface area contributed by atoms with Crippen LogP contribution >= 0.6 is 34.8 Å². The van der Waals surface area contributed by atoms with Gasteiger partial charge in [-0.1, -0.05) is 71.2 Å². The fourth-order valence-electron chi connectivity index (χ4n) is 1.57. The second-order valence-electron chi connectivity index (χ2n) is 4.26. The van der Waals surface area contributed by atoms with Crippen molar-refractivity contribution in [2.24, 2.45) is 5.10 Å². The molecule has 0 atom stereocenters. The third-order valence-electron chi connectivity index (χ3n) is 2.52.